The van der Waals surface area contributed by atoms with E-state index in [1.165, 1.54) is 0 Å². The molecule has 0 bridgehead atoms. The summed E-state index contributed by atoms with van der Waals surface area (Å²) in [6.45, 7) is 4.22. The fourth-order valence-corrected chi connectivity index (χ4v) is 2.57. The van der Waals surface area contributed by atoms with E-state index in [4.69, 9.17) is 22.1 Å². The number of guanidine groups is 1. The smallest absolute Gasteiger partial charge is 0.241 e. The van der Waals surface area contributed by atoms with E-state index in [2.05, 4.69) is 15.2 Å². The number of nitrogens with two attached hydrogens (primary N) is 1. The molecule has 1 saturated heterocycles. The summed E-state index contributed by atoms with van der Waals surface area (Å²) in [5, 5.41) is 3.44. The number of nitrogens with one attached hydrogen (secondary N) is 1. The molecule has 0 unspecified atom stereocenters. The van der Waals surface area contributed by atoms with Gasteiger partial charge in [-0.3, -0.25) is 4.79 Å². The molecule has 0 aliphatic carbocycles. The van der Waals surface area contributed by atoms with Gasteiger partial charge in [-0.15, -0.1) is 0 Å². The number of piperazine rings is 1. The van der Waals surface area contributed by atoms with Crippen molar-refractivity contribution in [2.45, 2.75) is 0 Å². The SMILES string of the molecule is COCCNC(=O)CN=C(N)N1CCN(c2ccc(Cl)cc2)CC1. The first-order valence-electron chi connectivity index (χ1n) is 7.91. The topological polar surface area (TPSA) is 83.2 Å². The first kappa shape index (κ1) is 18.4. The number of amides is 1. The number of hydrogen-bond acceptors (Lipinski definition) is 4. The number of ether oxygens (including phenoxy) is 1. The van der Waals surface area contributed by atoms with Crippen LogP contribution in [-0.2, 0) is 9.53 Å². The Morgan fingerprint density at radius 1 is 1.29 bits per heavy atom. The van der Waals surface area contributed by atoms with E-state index in [-0.39, 0.29) is 12.5 Å². The number of methoxy groups -OCH3 is 1. The van der Waals surface area contributed by atoms with Crippen LogP contribution >= 0.6 is 11.6 Å². The molecule has 1 aromatic carbocycles. The highest BCUT2D eigenvalue weighted by atomic mass is 35.5. The molecule has 0 spiro atoms. The molecule has 0 saturated carbocycles. The number of benzene rings is 1. The van der Waals surface area contributed by atoms with Crippen molar-refractivity contribution in [2.75, 3.05) is 57.9 Å². The van der Waals surface area contributed by atoms with Crippen LogP contribution in [0.2, 0.25) is 5.02 Å². The predicted octanol–water partition coefficient (Wildman–Crippen LogP) is 0.539. The summed E-state index contributed by atoms with van der Waals surface area (Å²) >= 11 is 5.92. The number of aliphatic imine (C=N–C) groups is 1. The Morgan fingerprint density at radius 2 is 1.96 bits per heavy atom. The van der Waals surface area contributed by atoms with Gasteiger partial charge >= 0.3 is 0 Å². The quantitative estimate of drug-likeness (QED) is 0.443. The van der Waals surface area contributed by atoms with Gasteiger partial charge in [0.1, 0.15) is 6.54 Å². The van der Waals surface area contributed by atoms with Crippen molar-refractivity contribution in [3.63, 3.8) is 0 Å². The van der Waals surface area contributed by atoms with Gasteiger partial charge in [-0.2, -0.15) is 0 Å². The van der Waals surface area contributed by atoms with E-state index in [0.717, 1.165) is 36.9 Å². The molecule has 24 heavy (non-hydrogen) atoms. The van der Waals surface area contributed by atoms with Crippen molar-refractivity contribution in [1.29, 1.82) is 0 Å². The minimum absolute atomic E-state index is 0.0347. The molecule has 0 radical (unpaired) electrons. The third-order valence-electron chi connectivity index (χ3n) is 3.81. The van der Waals surface area contributed by atoms with Crippen molar-refractivity contribution in [3.05, 3.63) is 29.3 Å². The van der Waals surface area contributed by atoms with Gasteiger partial charge in [0, 0.05) is 50.5 Å². The Morgan fingerprint density at radius 3 is 2.58 bits per heavy atom. The van der Waals surface area contributed by atoms with Crippen molar-refractivity contribution >= 4 is 29.2 Å². The molecule has 8 heteroatoms. The molecule has 2 rings (SSSR count). The molecule has 1 aliphatic heterocycles. The summed E-state index contributed by atoms with van der Waals surface area (Å²) in [5.74, 6) is 0.252. The van der Waals surface area contributed by atoms with Crippen LogP contribution in [0, 0.1) is 0 Å². The van der Waals surface area contributed by atoms with E-state index in [0.29, 0.717) is 19.1 Å². The second kappa shape index (κ2) is 9.34. The Labute approximate surface area is 147 Å². The number of anilines is 1. The summed E-state index contributed by atoms with van der Waals surface area (Å²) < 4.78 is 4.87. The number of nitrogens with zero attached hydrogens (tertiary/aromatic N) is 3. The zero-order valence-electron chi connectivity index (χ0n) is 13.9. The van der Waals surface area contributed by atoms with Gasteiger partial charge in [0.2, 0.25) is 5.91 Å². The van der Waals surface area contributed by atoms with Crippen LogP contribution in [-0.4, -0.2) is 69.8 Å². The fraction of sp³-hybridized carbons (Fsp3) is 0.500. The largest absolute Gasteiger partial charge is 0.383 e. The van der Waals surface area contributed by atoms with Crippen molar-refractivity contribution in [2.24, 2.45) is 10.7 Å². The van der Waals surface area contributed by atoms with Crippen LogP contribution in [0.25, 0.3) is 0 Å². The normalized spacial score (nSPS) is 15.5. The van der Waals surface area contributed by atoms with E-state index in [1.807, 2.05) is 29.2 Å². The van der Waals surface area contributed by atoms with Crippen LogP contribution in [0.15, 0.2) is 29.3 Å². The maximum atomic E-state index is 11.6. The standard InChI is InChI=1S/C16H24ClN5O2/c1-24-11-6-19-15(23)12-20-16(18)22-9-7-21(8-10-22)14-4-2-13(17)3-5-14/h2-5H,6-12H2,1H3,(H2,18,20)(H,19,23). The number of carbonyl (C=O) groups is 1. The zero-order chi connectivity index (χ0) is 17.4. The van der Waals surface area contributed by atoms with Crippen molar-refractivity contribution < 1.29 is 9.53 Å². The second-order valence-electron chi connectivity index (χ2n) is 5.47. The summed E-state index contributed by atoms with van der Waals surface area (Å²) in [6, 6.07) is 7.81. The molecule has 1 fully saturated rings. The van der Waals surface area contributed by atoms with Gasteiger partial charge in [0.15, 0.2) is 5.96 Å². The third-order valence-corrected chi connectivity index (χ3v) is 4.06. The Bertz CT molecular complexity index is 556. The van der Waals surface area contributed by atoms with E-state index >= 15 is 0 Å². The maximum absolute atomic E-state index is 11.6. The monoisotopic (exact) mass is 353 g/mol. The number of carbonyl (C=O) groups excluding carboxylic acids is 1. The fourth-order valence-electron chi connectivity index (χ4n) is 2.45. The van der Waals surface area contributed by atoms with Crippen LogP contribution in [0.3, 0.4) is 0 Å². The maximum Gasteiger partial charge on any atom is 0.241 e. The lowest BCUT2D eigenvalue weighted by molar-refractivity contribution is -0.119. The van der Waals surface area contributed by atoms with Crippen molar-refractivity contribution in [1.82, 2.24) is 10.2 Å². The second-order valence-corrected chi connectivity index (χ2v) is 5.90. The van der Waals surface area contributed by atoms with E-state index in [9.17, 15) is 4.79 Å². The molecule has 3 N–H and O–H groups in total. The van der Waals surface area contributed by atoms with Gasteiger partial charge in [-0.1, -0.05) is 11.6 Å². The molecule has 132 valence electrons. The Balaban J connectivity index is 1.77. The Hall–Kier alpha value is -1.99. The summed E-state index contributed by atoms with van der Waals surface area (Å²) in [6.07, 6.45) is 0. The zero-order valence-corrected chi connectivity index (χ0v) is 14.6. The lowest BCUT2D eigenvalue weighted by atomic mass is 10.2. The molecule has 1 amide bonds. The van der Waals surface area contributed by atoms with Gasteiger partial charge < -0.3 is 25.6 Å². The minimum Gasteiger partial charge on any atom is -0.383 e. The van der Waals surface area contributed by atoms with Gasteiger partial charge in [-0.05, 0) is 24.3 Å². The lowest BCUT2D eigenvalue weighted by Gasteiger charge is -2.36. The lowest BCUT2D eigenvalue weighted by Crippen LogP contribution is -2.51. The highest BCUT2D eigenvalue weighted by Gasteiger charge is 2.18. The molecule has 1 aliphatic rings. The molecule has 7 nitrogen and oxygen atoms in total. The highest BCUT2D eigenvalue weighted by molar-refractivity contribution is 6.30. The first-order valence-corrected chi connectivity index (χ1v) is 8.29. The number of halogens is 1. The van der Waals surface area contributed by atoms with Gasteiger partial charge in [0.25, 0.3) is 0 Å². The van der Waals surface area contributed by atoms with Crippen LogP contribution in [0.5, 0.6) is 0 Å². The predicted molar refractivity (Wildman–Crippen MR) is 96.6 cm³/mol. The molecule has 0 aromatic heterocycles. The molecule has 1 aromatic rings. The van der Waals surface area contributed by atoms with Crippen LogP contribution in [0.1, 0.15) is 0 Å². The average molecular weight is 354 g/mol. The molecule has 1 heterocycles. The summed E-state index contributed by atoms with van der Waals surface area (Å²) in [5.41, 5.74) is 7.14. The first-order chi connectivity index (χ1) is 11.6. The molecular formula is C16H24ClN5O2. The third kappa shape index (κ3) is 5.58. The van der Waals surface area contributed by atoms with Crippen molar-refractivity contribution in [3.8, 4) is 0 Å². The Kier molecular flexibility index (Phi) is 7.14. The van der Waals surface area contributed by atoms with E-state index in [1.54, 1.807) is 7.11 Å². The number of rotatable bonds is 6. The number of hydrogen-bond donors (Lipinski definition) is 2. The van der Waals surface area contributed by atoms with Crippen LogP contribution < -0.4 is 16.0 Å². The summed E-state index contributed by atoms with van der Waals surface area (Å²) in [4.78, 5) is 20.0. The molecular weight excluding hydrogens is 330 g/mol. The average Bonchev–Trinajstić information content (AvgIpc) is 2.61. The van der Waals surface area contributed by atoms with Crippen LogP contribution in [0.4, 0.5) is 5.69 Å². The minimum atomic E-state index is -0.158. The highest BCUT2D eigenvalue weighted by Crippen LogP contribution is 2.19. The molecule has 0 atom stereocenters. The summed E-state index contributed by atoms with van der Waals surface area (Å²) in [7, 11) is 1.59. The van der Waals surface area contributed by atoms with Gasteiger partial charge in [0.05, 0.1) is 6.61 Å². The van der Waals surface area contributed by atoms with Gasteiger partial charge in [-0.25, -0.2) is 4.99 Å². The van der Waals surface area contributed by atoms with E-state index < -0.39 is 0 Å².